The summed E-state index contributed by atoms with van der Waals surface area (Å²) in [6.07, 6.45) is 5.02. The van der Waals surface area contributed by atoms with Crippen LogP contribution in [-0.2, 0) is 11.3 Å². The third-order valence-corrected chi connectivity index (χ3v) is 3.52. The highest BCUT2D eigenvalue weighted by Gasteiger charge is 2.07. The first kappa shape index (κ1) is 16.4. The van der Waals surface area contributed by atoms with Crippen molar-refractivity contribution in [1.82, 2.24) is 10.3 Å². The molecule has 6 heteroatoms. The number of hydrogen-bond acceptors (Lipinski definition) is 4. The van der Waals surface area contributed by atoms with Crippen molar-refractivity contribution in [2.45, 2.75) is 13.5 Å². The standard InChI is InChI=1S/C19H17N3O3/c1-13(23)22-17-6-4-15(5-7-17)19(24)21-11-14-9-16(12-20-10-14)18-3-2-8-25-18/h2-10,12H,11H2,1H3,(H,21,24)(H,22,23). The van der Waals surface area contributed by atoms with Gasteiger partial charge in [0.05, 0.1) is 6.26 Å². The van der Waals surface area contributed by atoms with Gasteiger partial charge in [0.1, 0.15) is 5.76 Å². The van der Waals surface area contributed by atoms with Crippen LogP contribution >= 0.6 is 0 Å². The zero-order valence-electron chi connectivity index (χ0n) is 13.7. The molecule has 2 amide bonds. The van der Waals surface area contributed by atoms with Gasteiger partial charge in [-0.25, -0.2) is 0 Å². The fraction of sp³-hybridized carbons (Fsp3) is 0.105. The molecule has 2 N–H and O–H groups in total. The Balaban J connectivity index is 1.62. The number of carbonyl (C=O) groups excluding carboxylic acids is 2. The molecular weight excluding hydrogens is 318 g/mol. The number of amides is 2. The summed E-state index contributed by atoms with van der Waals surface area (Å²) >= 11 is 0. The van der Waals surface area contributed by atoms with E-state index >= 15 is 0 Å². The first-order valence-electron chi connectivity index (χ1n) is 7.75. The maximum atomic E-state index is 12.2. The van der Waals surface area contributed by atoms with Crippen molar-refractivity contribution in [1.29, 1.82) is 0 Å². The van der Waals surface area contributed by atoms with Crippen LogP contribution in [0.3, 0.4) is 0 Å². The maximum absolute atomic E-state index is 12.2. The Hall–Kier alpha value is -3.41. The van der Waals surface area contributed by atoms with Gasteiger partial charge in [0, 0.05) is 42.7 Å². The molecule has 0 bridgehead atoms. The minimum atomic E-state index is -0.197. The highest BCUT2D eigenvalue weighted by molar-refractivity contribution is 5.95. The first-order valence-corrected chi connectivity index (χ1v) is 7.75. The van der Waals surface area contributed by atoms with Gasteiger partial charge in [0.2, 0.25) is 5.91 Å². The average molecular weight is 335 g/mol. The van der Waals surface area contributed by atoms with Crippen molar-refractivity contribution >= 4 is 17.5 Å². The molecule has 0 aliphatic rings. The quantitative estimate of drug-likeness (QED) is 0.750. The van der Waals surface area contributed by atoms with Gasteiger partial charge in [-0.15, -0.1) is 0 Å². The van der Waals surface area contributed by atoms with Crippen LogP contribution in [-0.4, -0.2) is 16.8 Å². The largest absolute Gasteiger partial charge is 0.464 e. The van der Waals surface area contributed by atoms with Crippen LogP contribution in [0.1, 0.15) is 22.8 Å². The molecule has 3 rings (SSSR count). The van der Waals surface area contributed by atoms with Gasteiger partial charge in [-0.05, 0) is 48.0 Å². The molecule has 0 fully saturated rings. The number of rotatable bonds is 5. The number of aromatic nitrogens is 1. The molecule has 0 spiro atoms. The molecule has 0 radical (unpaired) electrons. The predicted octanol–water partition coefficient (Wildman–Crippen LogP) is 3.23. The fourth-order valence-corrected chi connectivity index (χ4v) is 2.35. The number of pyridine rings is 1. The van der Waals surface area contributed by atoms with E-state index in [4.69, 9.17) is 4.42 Å². The second kappa shape index (κ2) is 7.44. The van der Waals surface area contributed by atoms with E-state index in [1.54, 1.807) is 42.9 Å². The van der Waals surface area contributed by atoms with Gasteiger partial charge < -0.3 is 15.1 Å². The molecule has 2 aromatic heterocycles. The summed E-state index contributed by atoms with van der Waals surface area (Å²) in [4.78, 5) is 27.4. The summed E-state index contributed by atoms with van der Waals surface area (Å²) in [6, 6.07) is 12.3. The van der Waals surface area contributed by atoms with E-state index in [9.17, 15) is 9.59 Å². The number of carbonyl (C=O) groups is 2. The molecule has 0 saturated heterocycles. The highest BCUT2D eigenvalue weighted by Crippen LogP contribution is 2.19. The zero-order chi connectivity index (χ0) is 17.6. The average Bonchev–Trinajstić information content (AvgIpc) is 3.15. The van der Waals surface area contributed by atoms with E-state index < -0.39 is 0 Å². The molecule has 0 aliphatic carbocycles. The second-order valence-electron chi connectivity index (χ2n) is 5.50. The minimum absolute atomic E-state index is 0.152. The van der Waals surface area contributed by atoms with Crippen molar-refractivity contribution in [3.05, 3.63) is 72.2 Å². The number of anilines is 1. The Labute approximate surface area is 144 Å². The van der Waals surface area contributed by atoms with Crippen LogP contribution in [0.25, 0.3) is 11.3 Å². The van der Waals surface area contributed by atoms with E-state index in [0.717, 1.165) is 16.9 Å². The molecule has 3 aromatic rings. The molecule has 6 nitrogen and oxygen atoms in total. The van der Waals surface area contributed by atoms with Crippen LogP contribution in [0, 0.1) is 0 Å². The maximum Gasteiger partial charge on any atom is 0.251 e. The molecule has 126 valence electrons. The van der Waals surface area contributed by atoms with Crippen molar-refractivity contribution in [2.75, 3.05) is 5.32 Å². The minimum Gasteiger partial charge on any atom is -0.464 e. The summed E-state index contributed by atoms with van der Waals surface area (Å²) < 4.78 is 5.35. The van der Waals surface area contributed by atoms with Crippen molar-refractivity contribution in [3.63, 3.8) is 0 Å². The summed E-state index contributed by atoms with van der Waals surface area (Å²) in [5.41, 5.74) is 2.90. The number of hydrogen-bond donors (Lipinski definition) is 2. The molecule has 25 heavy (non-hydrogen) atoms. The fourth-order valence-electron chi connectivity index (χ4n) is 2.35. The highest BCUT2D eigenvalue weighted by atomic mass is 16.3. The van der Waals surface area contributed by atoms with Crippen LogP contribution in [0.4, 0.5) is 5.69 Å². The lowest BCUT2D eigenvalue weighted by atomic mass is 10.1. The van der Waals surface area contributed by atoms with Gasteiger partial charge in [-0.2, -0.15) is 0 Å². The molecule has 2 heterocycles. The molecule has 0 atom stereocenters. The van der Waals surface area contributed by atoms with Gasteiger partial charge in [0.15, 0.2) is 0 Å². The van der Waals surface area contributed by atoms with Crippen LogP contribution in [0.2, 0.25) is 0 Å². The summed E-state index contributed by atoms with van der Waals surface area (Å²) in [7, 11) is 0. The lowest BCUT2D eigenvalue weighted by Crippen LogP contribution is -2.22. The Kier molecular flexibility index (Phi) is 4.89. The van der Waals surface area contributed by atoms with Crippen molar-refractivity contribution in [3.8, 4) is 11.3 Å². The van der Waals surface area contributed by atoms with Crippen LogP contribution < -0.4 is 10.6 Å². The number of benzene rings is 1. The van der Waals surface area contributed by atoms with E-state index in [1.807, 2.05) is 18.2 Å². The predicted molar refractivity (Wildman–Crippen MR) is 93.9 cm³/mol. The van der Waals surface area contributed by atoms with Gasteiger partial charge in [-0.1, -0.05) is 0 Å². The molecule has 0 saturated carbocycles. The second-order valence-corrected chi connectivity index (χ2v) is 5.50. The lowest BCUT2D eigenvalue weighted by Gasteiger charge is -2.07. The summed E-state index contributed by atoms with van der Waals surface area (Å²) in [5, 5.41) is 5.51. The van der Waals surface area contributed by atoms with Crippen molar-refractivity contribution in [2.24, 2.45) is 0 Å². The zero-order valence-corrected chi connectivity index (χ0v) is 13.7. The van der Waals surface area contributed by atoms with Crippen LogP contribution in [0.5, 0.6) is 0 Å². The number of nitrogens with one attached hydrogen (secondary N) is 2. The monoisotopic (exact) mass is 335 g/mol. The normalized spacial score (nSPS) is 10.3. The Bertz CT molecular complexity index is 871. The van der Waals surface area contributed by atoms with Crippen molar-refractivity contribution < 1.29 is 14.0 Å². The smallest absolute Gasteiger partial charge is 0.251 e. The topological polar surface area (TPSA) is 84.2 Å². The van der Waals surface area contributed by atoms with Gasteiger partial charge in [-0.3, -0.25) is 14.6 Å². The van der Waals surface area contributed by atoms with E-state index in [-0.39, 0.29) is 11.8 Å². The van der Waals surface area contributed by atoms with E-state index in [1.165, 1.54) is 6.92 Å². The molecule has 1 aromatic carbocycles. The third-order valence-electron chi connectivity index (χ3n) is 3.52. The number of furan rings is 1. The van der Waals surface area contributed by atoms with E-state index in [2.05, 4.69) is 15.6 Å². The lowest BCUT2D eigenvalue weighted by molar-refractivity contribution is -0.114. The molecular formula is C19H17N3O3. The summed E-state index contributed by atoms with van der Waals surface area (Å²) in [6.45, 7) is 1.79. The van der Waals surface area contributed by atoms with E-state index in [0.29, 0.717) is 17.8 Å². The van der Waals surface area contributed by atoms with Gasteiger partial charge in [0.25, 0.3) is 5.91 Å². The summed E-state index contributed by atoms with van der Waals surface area (Å²) in [5.74, 6) is 0.383. The van der Waals surface area contributed by atoms with Crippen LogP contribution in [0.15, 0.2) is 65.5 Å². The Morgan fingerprint density at radius 2 is 1.92 bits per heavy atom. The third kappa shape index (κ3) is 4.32. The SMILES string of the molecule is CC(=O)Nc1ccc(C(=O)NCc2cncc(-c3ccco3)c2)cc1. The van der Waals surface area contributed by atoms with Gasteiger partial charge >= 0.3 is 0 Å². The molecule has 0 aliphatic heterocycles. The first-order chi connectivity index (χ1) is 12.1. The molecule has 0 unspecified atom stereocenters. The Morgan fingerprint density at radius 1 is 1.12 bits per heavy atom. The number of nitrogens with zero attached hydrogens (tertiary/aromatic N) is 1. The Morgan fingerprint density at radius 3 is 2.60 bits per heavy atom.